The summed E-state index contributed by atoms with van der Waals surface area (Å²) in [4.78, 5) is 25.0. The summed E-state index contributed by atoms with van der Waals surface area (Å²) in [6.07, 6.45) is 0.369. The molecule has 1 aromatic rings. The Kier molecular flexibility index (Phi) is 4.80. The number of para-hydroxylation sites is 2. The predicted molar refractivity (Wildman–Crippen MR) is 79.0 cm³/mol. The third-order valence-electron chi connectivity index (χ3n) is 3.74. The van der Waals surface area contributed by atoms with Crippen molar-refractivity contribution >= 4 is 23.3 Å². The van der Waals surface area contributed by atoms with Gasteiger partial charge in [0.1, 0.15) is 0 Å². The molecule has 1 saturated heterocycles. The molecule has 0 aromatic heterocycles. The van der Waals surface area contributed by atoms with Crippen LogP contribution in [-0.2, 0) is 14.3 Å². The lowest BCUT2D eigenvalue weighted by molar-refractivity contribution is -0.136. The van der Waals surface area contributed by atoms with E-state index in [-0.39, 0.29) is 30.9 Å². The summed E-state index contributed by atoms with van der Waals surface area (Å²) < 4.78 is 5.43. The minimum Gasteiger partial charge on any atom is -0.481 e. The zero-order valence-electron chi connectivity index (χ0n) is 12.0. The van der Waals surface area contributed by atoms with Gasteiger partial charge in [-0.3, -0.25) is 9.59 Å². The molecular weight excluding hydrogens is 272 g/mol. The molecule has 1 amide bonds. The average molecular weight is 292 g/mol. The van der Waals surface area contributed by atoms with Crippen molar-refractivity contribution in [3.8, 4) is 0 Å². The predicted octanol–water partition coefficient (Wildman–Crippen LogP) is 1.50. The summed E-state index contributed by atoms with van der Waals surface area (Å²) in [6, 6.07) is 6.99. The van der Waals surface area contributed by atoms with Crippen molar-refractivity contribution in [2.24, 2.45) is 5.92 Å². The molecular formula is C15H20N2O4. The van der Waals surface area contributed by atoms with Crippen molar-refractivity contribution in [1.82, 2.24) is 0 Å². The molecule has 6 nitrogen and oxygen atoms in total. The van der Waals surface area contributed by atoms with Gasteiger partial charge in [0, 0.05) is 13.2 Å². The van der Waals surface area contributed by atoms with Gasteiger partial charge in [-0.25, -0.2) is 0 Å². The van der Waals surface area contributed by atoms with Crippen molar-refractivity contribution in [3.63, 3.8) is 0 Å². The Hall–Kier alpha value is -2.08. The van der Waals surface area contributed by atoms with E-state index < -0.39 is 5.97 Å². The second-order valence-corrected chi connectivity index (χ2v) is 5.16. The van der Waals surface area contributed by atoms with Gasteiger partial charge in [-0.05, 0) is 25.5 Å². The standard InChI is InChI=1S/C15H20N2O4/c1-10-11(7-9-21-10)15(20)17(8-6-14(18)19)13-5-3-2-4-12(13)16/h2-5,10-11H,6-9,16H2,1H3,(H,18,19). The lowest BCUT2D eigenvalue weighted by Crippen LogP contribution is -2.40. The average Bonchev–Trinajstić information content (AvgIpc) is 2.86. The van der Waals surface area contributed by atoms with E-state index in [0.29, 0.717) is 24.4 Å². The SMILES string of the molecule is CC1OCCC1C(=O)N(CCC(=O)O)c1ccccc1N. The molecule has 0 saturated carbocycles. The number of ether oxygens (including phenoxy) is 1. The number of benzene rings is 1. The summed E-state index contributed by atoms with van der Waals surface area (Å²) in [5.41, 5.74) is 6.95. The lowest BCUT2D eigenvalue weighted by atomic mass is 10.00. The van der Waals surface area contributed by atoms with Gasteiger partial charge < -0.3 is 20.5 Å². The van der Waals surface area contributed by atoms with Gasteiger partial charge in [0.25, 0.3) is 0 Å². The van der Waals surface area contributed by atoms with Gasteiger partial charge in [0.15, 0.2) is 0 Å². The third-order valence-corrected chi connectivity index (χ3v) is 3.74. The molecule has 21 heavy (non-hydrogen) atoms. The molecule has 1 fully saturated rings. The summed E-state index contributed by atoms with van der Waals surface area (Å²) >= 11 is 0. The Balaban J connectivity index is 2.25. The van der Waals surface area contributed by atoms with Crippen LogP contribution in [0.15, 0.2) is 24.3 Å². The maximum atomic E-state index is 12.7. The maximum absolute atomic E-state index is 12.7. The van der Waals surface area contributed by atoms with Gasteiger partial charge in [0.2, 0.25) is 5.91 Å². The highest BCUT2D eigenvalue weighted by Gasteiger charge is 2.34. The normalized spacial score (nSPS) is 21.2. The number of nitrogens with two attached hydrogens (primary N) is 1. The van der Waals surface area contributed by atoms with Gasteiger partial charge in [-0.1, -0.05) is 12.1 Å². The van der Waals surface area contributed by atoms with E-state index in [9.17, 15) is 9.59 Å². The largest absolute Gasteiger partial charge is 0.481 e. The van der Waals surface area contributed by atoms with Gasteiger partial charge >= 0.3 is 5.97 Å². The number of rotatable bonds is 5. The van der Waals surface area contributed by atoms with Gasteiger partial charge in [-0.15, -0.1) is 0 Å². The van der Waals surface area contributed by atoms with E-state index >= 15 is 0 Å². The Morgan fingerprint density at radius 2 is 2.14 bits per heavy atom. The second-order valence-electron chi connectivity index (χ2n) is 5.16. The molecule has 6 heteroatoms. The molecule has 1 aromatic carbocycles. The summed E-state index contributed by atoms with van der Waals surface area (Å²) in [7, 11) is 0. The molecule has 2 unspecified atom stereocenters. The zero-order valence-corrected chi connectivity index (χ0v) is 12.0. The lowest BCUT2D eigenvalue weighted by Gasteiger charge is -2.27. The number of nitrogens with zero attached hydrogens (tertiary/aromatic N) is 1. The second kappa shape index (κ2) is 6.58. The summed E-state index contributed by atoms with van der Waals surface area (Å²) in [5.74, 6) is -1.32. The van der Waals surface area contributed by atoms with E-state index in [2.05, 4.69) is 0 Å². The fourth-order valence-corrected chi connectivity index (χ4v) is 2.55. The molecule has 3 N–H and O–H groups in total. The number of nitrogen functional groups attached to an aromatic ring is 1. The first-order valence-corrected chi connectivity index (χ1v) is 7.00. The highest BCUT2D eigenvalue weighted by Crippen LogP contribution is 2.29. The Bertz CT molecular complexity index is 532. The molecule has 1 heterocycles. The fourth-order valence-electron chi connectivity index (χ4n) is 2.55. The van der Waals surface area contributed by atoms with Crippen LogP contribution in [0.4, 0.5) is 11.4 Å². The molecule has 2 atom stereocenters. The fraction of sp³-hybridized carbons (Fsp3) is 0.467. The number of carboxylic acids is 1. The van der Waals surface area contributed by atoms with E-state index in [1.54, 1.807) is 24.3 Å². The van der Waals surface area contributed by atoms with Crippen molar-refractivity contribution in [2.45, 2.75) is 25.9 Å². The smallest absolute Gasteiger partial charge is 0.305 e. The van der Waals surface area contributed by atoms with Crippen LogP contribution in [0.3, 0.4) is 0 Å². The molecule has 1 aliphatic heterocycles. The maximum Gasteiger partial charge on any atom is 0.305 e. The first kappa shape index (κ1) is 15.3. The molecule has 0 bridgehead atoms. The number of hydrogen-bond donors (Lipinski definition) is 2. The van der Waals surface area contributed by atoms with E-state index in [1.165, 1.54) is 4.90 Å². The van der Waals surface area contributed by atoms with E-state index in [0.717, 1.165) is 0 Å². The van der Waals surface area contributed by atoms with Crippen molar-refractivity contribution in [2.75, 3.05) is 23.8 Å². The van der Waals surface area contributed by atoms with Crippen LogP contribution in [0.2, 0.25) is 0 Å². The van der Waals surface area contributed by atoms with Crippen LogP contribution >= 0.6 is 0 Å². The van der Waals surface area contributed by atoms with Crippen LogP contribution in [0.5, 0.6) is 0 Å². The van der Waals surface area contributed by atoms with Gasteiger partial charge in [-0.2, -0.15) is 0 Å². The Morgan fingerprint density at radius 3 is 2.71 bits per heavy atom. The highest BCUT2D eigenvalue weighted by molar-refractivity contribution is 5.98. The quantitative estimate of drug-likeness (QED) is 0.802. The highest BCUT2D eigenvalue weighted by atomic mass is 16.5. The van der Waals surface area contributed by atoms with Crippen molar-refractivity contribution in [1.29, 1.82) is 0 Å². The van der Waals surface area contributed by atoms with Crippen LogP contribution in [0.1, 0.15) is 19.8 Å². The molecule has 0 spiro atoms. The van der Waals surface area contributed by atoms with Gasteiger partial charge in [0.05, 0.1) is 29.8 Å². The molecule has 114 valence electrons. The number of carbonyl (C=O) groups is 2. The number of anilines is 2. The topological polar surface area (TPSA) is 92.9 Å². The minimum atomic E-state index is -0.946. The monoisotopic (exact) mass is 292 g/mol. The van der Waals surface area contributed by atoms with Crippen LogP contribution in [-0.4, -0.2) is 36.2 Å². The zero-order chi connectivity index (χ0) is 15.4. The molecule has 0 aliphatic carbocycles. The summed E-state index contributed by atoms with van der Waals surface area (Å²) in [5, 5.41) is 8.88. The Labute approximate surface area is 123 Å². The van der Waals surface area contributed by atoms with Crippen molar-refractivity contribution in [3.05, 3.63) is 24.3 Å². The number of aliphatic carboxylic acids is 1. The number of amides is 1. The van der Waals surface area contributed by atoms with Crippen LogP contribution in [0, 0.1) is 5.92 Å². The molecule has 0 radical (unpaired) electrons. The molecule has 2 rings (SSSR count). The van der Waals surface area contributed by atoms with Crippen LogP contribution in [0.25, 0.3) is 0 Å². The van der Waals surface area contributed by atoms with E-state index in [1.807, 2.05) is 6.92 Å². The number of hydrogen-bond acceptors (Lipinski definition) is 4. The minimum absolute atomic E-state index is 0.103. The molecule has 1 aliphatic rings. The van der Waals surface area contributed by atoms with Crippen LogP contribution < -0.4 is 10.6 Å². The first-order valence-electron chi connectivity index (χ1n) is 7.00. The number of carboxylic acid groups (broad SMARTS) is 1. The van der Waals surface area contributed by atoms with E-state index in [4.69, 9.17) is 15.6 Å². The first-order chi connectivity index (χ1) is 10.0. The Morgan fingerprint density at radius 1 is 1.43 bits per heavy atom. The van der Waals surface area contributed by atoms with Crippen molar-refractivity contribution < 1.29 is 19.4 Å². The number of carbonyl (C=O) groups excluding carboxylic acids is 1. The summed E-state index contributed by atoms with van der Waals surface area (Å²) in [6.45, 7) is 2.51. The third kappa shape index (κ3) is 3.52.